The zero-order chi connectivity index (χ0) is 7.40. The Labute approximate surface area is 60.3 Å². The van der Waals surface area contributed by atoms with E-state index in [9.17, 15) is 0 Å². The van der Waals surface area contributed by atoms with Gasteiger partial charge in [0.1, 0.15) is 0 Å². The molecule has 1 aromatic rings. The first-order valence-electron chi connectivity index (χ1n) is 3.01. The molecular formula is C9H9O+. The number of carbonyl (C=O) groups excluding carboxylic acids is 1. The Morgan fingerprint density at radius 2 is 1.80 bits per heavy atom. The number of rotatable bonds is 2. The molecule has 0 N–H and O–H groups in total. The van der Waals surface area contributed by atoms with Crippen LogP contribution in [0.3, 0.4) is 0 Å². The standard InChI is InChI=1S/C9H9O/c1-8(10-2)9-6-4-3-5-7-9/h3-7H,1-2H2/q+1. The molecule has 0 saturated heterocycles. The van der Waals surface area contributed by atoms with Gasteiger partial charge in [-0.25, -0.2) is 4.42 Å². The topological polar surface area (TPSA) is 11.3 Å². The van der Waals surface area contributed by atoms with E-state index < -0.39 is 0 Å². The predicted molar refractivity (Wildman–Crippen MR) is 42.6 cm³/mol. The van der Waals surface area contributed by atoms with Gasteiger partial charge in [0.2, 0.25) is 0 Å². The average Bonchev–Trinajstić information content (AvgIpc) is 2.05. The molecule has 0 amide bonds. The molecule has 1 aromatic carbocycles. The van der Waals surface area contributed by atoms with Crippen molar-refractivity contribution in [2.75, 3.05) is 0 Å². The second kappa shape index (κ2) is 2.97. The molecule has 0 radical (unpaired) electrons. The highest BCUT2D eigenvalue weighted by Crippen LogP contribution is 2.07. The molecule has 0 aliphatic rings. The Morgan fingerprint density at radius 3 is 2.30 bits per heavy atom. The highest BCUT2D eigenvalue weighted by atomic mass is 16.4. The van der Waals surface area contributed by atoms with Crippen LogP contribution >= 0.6 is 0 Å². The normalized spacial score (nSPS) is 8.80. The van der Waals surface area contributed by atoms with Crippen LogP contribution in [-0.2, 0) is 4.42 Å². The van der Waals surface area contributed by atoms with Crippen molar-refractivity contribution in [2.45, 2.75) is 0 Å². The van der Waals surface area contributed by atoms with E-state index in [4.69, 9.17) is 4.42 Å². The maximum atomic E-state index is 4.69. The van der Waals surface area contributed by atoms with Crippen LogP contribution in [0.25, 0.3) is 5.76 Å². The van der Waals surface area contributed by atoms with Crippen LogP contribution in [0.2, 0.25) is 0 Å². The summed E-state index contributed by atoms with van der Waals surface area (Å²) in [5.74, 6) is 0.598. The minimum atomic E-state index is 0.598. The molecule has 0 heterocycles. The SMILES string of the molecule is C=[O+]C(=C)c1ccccc1. The third kappa shape index (κ3) is 1.32. The smallest absolute Gasteiger partial charge is 0.224 e. The Morgan fingerprint density at radius 1 is 1.20 bits per heavy atom. The fraction of sp³-hybridized carbons (Fsp3) is 0. The number of benzene rings is 1. The number of hydrogen-bond acceptors (Lipinski definition) is 0. The average molecular weight is 133 g/mol. The second-order valence-corrected chi connectivity index (χ2v) is 1.93. The van der Waals surface area contributed by atoms with Gasteiger partial charge in [-0.1, -0.05) is 18.2 Å². The minimum Gasteiger partial charge on any atom is -0.224 e. The molecule has 0 unspecified atom stereocenters. The van der Waals surface area contributed by atoms with Gasteiger partial charge in [0.05, 0.1) is 5.56 Å². The Bertz CT molecular complexity index is 236. The highest BCUT2D eigenvalue weighted by molar-refractivity contribution is 5.55. The van der Waals surface area contributed by atoms with Crippen LogP contribution in [0, 0.1) is 0 Å². The summed E-state index contributed by atoms with van der Waals surface area (Å²) in [6, 6.07) is 9.65. The van der Waals surface area contributed by atoms with E-state index in [1.54, 1.807) is 0 Å². The fourth-order valence-corrected chi connectivity index (χ4v) is 0.707. The van der Waals surface area contributed by atoms with Crippen molar-refractivity contribution in [3.8, 4) is 0 Å². The molecule has 0 aromatic heterocycles. The first-order valence-corrected chi connectivity index (χ1v) is 3.01. The molecule has 0 fully saturated rings. The molecule has 0 saturated carbocycles. The summed E-state index contributed by atoms with van der Waals surface area (Å²) in [6.45, 7) is 6.92. The summed E-state index contributed by atoms with van der Waals surface area (Å²) >= 11 is 0. The molecule has 0 aliphatic heterocycles. The molecule has 0 aliphatic carbocycles. The third-order valence-electron chi connectivity index (χ3n) is 1.27. The van der Waals surface area contributed by atoms with Crippen molar-refractivity contribution in [2.24, 2.45) is 0 Å². The Hall–Kier alpha value is -1.37. The van der Waals surface area contributed by atoms with Crippen LogP contribution < -0.4 is 0 Å². The summed E-state index contributed by atoms with van der Waals surface area (Å²) < 4.78 is 4.69. The summed E-state index contributed by atoms with van der Waals surface area (Å²) in [5, 5.41) is 0. The van der Waals surface area contributed by atoms with Crippen molar-refractivity contribution < 1.29 is 4.42 Å². The lowest BCUT2D eigenvalue weighted by Gasteiger charge is -1.86. The van der Waals surface area contributed by atoms with Gasteiger partial charge < -0.3 is 0 Å². The fourth-order valence-electron chi connectivity index (χ4n) is 0.707. The van der Waals surface area contributed by atoms with E-state index in [1.807, 2.05) is 30.3 Å². The largest absolute Gasteiger partial charge is 0.351 e. The van der Waals surface area contributed by atoms with Crippen molar-refractivity contribution in [1.29, 1.82) is 0 Å². The highest BCUT2D eigenvalue weighted by Gasteiger charge is 2.02. The van der Waals surface area contributed by atoms with Crippen LogP contribution in [-0.4, -0.2) is 6.79 Å². The lowest BCUT2D eigenvalue weighted by atomic mass is 10.2. The summed E-state index contributed by atoms with van der Waals surface area (Å²) in [5.41, 5.74) is 0.970. The lowest BCUT2D eigenvalue weighted by molar-refractivity contribution is -0.331. The third-order valence-corrected chi connectivity index (χ3v) is 1.27. The second-order valence-electron chi connectivity index (χ2n) is 1.93. The monoisotopic (exact) mass is 133 g/mol. The minimum absolute atomic E-state index is 0.598. The molecule has 1 rings (SSSR count). The van der Waals surface area contributed by atoms with Crippen LogP contribution in [0.1, 0.15) is 5.56 Å². The van der Waals surface area contributed by atoms with E-state index in [2.05, 4.69) is 13.4 Å². The van der Waals surface area contributed by atoms with E-state index in [0.29, 0.717) is 5.76 Å². The van der Waals surface area contributed by atoms with Gasteiger partial charge in [-0.2, -0.15) is 0 Å². The van der Waals surface area contributed by atoms with Gasteiger partial charge in [-0.15, -0.1) is 0 Å². The van der Waals surface area contributed by atoms with E-state index in [0.717, 1.165) is 5.56 Å². The zero-order valence-electron chi connectivity index (χ0n) is 5.71. The van der Waals surface area contributed by atoms with Gasteiger partial charge in [0, 0.05) is 6.58 Å². The van der Waals surface area contributed by atoms with Gasteiger partial charge >= 0.3 is 5.76 Å². The predicted octanol–water partition coefficient (Wildman–Crippen LogP) is 2.02. The molecule has 1 nitrogen and oxygen atoms in total. The maximum absolute atomic E-state index is 4.69. The van der Waals surface area contributed by atoms with Crippen LogP contribution in [0.4, 0.5) is 0 Å². The summed E-state index contributed by atoms with van der Waals surface area (Å²) in [4.78, 5) is 0. The van der Waals surface area contributed by atoms with Crippen LogP contribution in [0.5, 0.6) is 0 Å². The summed E-state index contributed by atoms with van der Waals surface area (Å²) in [7, 11) is 0. The quantitative estimate of drug-likeness (QED) is 0.432. The first-order chi connectivity index (χ1) is 4.84. The van der Waals surface area contributed by atoms with Gasteiger partial charge in [-0.05, 0) is 12.1 Å². The van der Waals surface area contributed by atoms with Gasteiger partial charge in [-0.3, -0.25) is 0 Å². The first kappa shape index (κ1) is 6.75. The lowest BCUT2D eigenvalue weighted by Crippen LogP contribution is -1.78. The molecule has 50 valence electrons. The maximum Gasteiger partial charge on any atom is 0.351 e. The zero-order valence-corrected chi connectivity index (χ0v) is 5.71. The Balaban J connectivity index is 2.95. The molecule has 0 bridgehead atoms. The summed E-state index contributed by atoms with van der Waals surface area (Å²) in [6.07, 6.45) is 0. The Kier molecular flexibility index (Phi) is 2.00. The number of hydrogen-bond donors (Lipinski definition) is 0. The van der Waals surface area contributed by atoms with E-state index in [1.165, 1.54) is 0 Å². The van der Waals surface area contributed by atoms with Crippen LogP contribution in [0.15, 0.2) is 36.9 Å². The molecule has 0 atom stereocenters. The van der Waals surface area contributed by atoms with Gasteiger partial charge in [0.15, 0.2) is 0 Å². The van der Waals surface area contributed by atoms with E-state index >= 15 is 0 Å². The molecule has 0 spiro atoms. The van der Waals surface area contributed by atoms with Crippen molar-refractivity contribution >= 4 is 12.5 Å². The van der Waals surface area contributed by atoms with Crippen molar-refractivity contribution in [3.63, 3.8) is 0 Å². The van der Waals surface area contributed by atoms with Crippen molar-refractivity contribution in [3.05, 3.63) is 42.5 Å². The molecular weight excluding hydrogens is 124 g/mol. The van der Waals surface area contributed by atoms with E-state index in [-0.39, 0.29) is 0 Å². The molecule has 1 heteroatoms. The van der Waals surface area contributed by atoms with Crippen molar-refractivity contribution in [1.82, 2.24) is 0 Å². The van der Waals surface area contributed by atoms with Gasteiger partial charge in [0.25, 0.3) is 6.79 Å². The molecule has 10 heavy (non-hydrogen) atoms.